The van der Waals surface area contributed by atoms with Gasteiger partial charge in [0.15, 0.2) is 17.5 Å². The summed E-state index contributed by atoms with van der Waals surface area (Å²) >= 11 is 1.63. The van der Waals surface area contributed by atoms with Crippen LogP contribution in [0.15, 0.2) is 132 Å². The van der Waals surface area contributed by atoms with Crippen molar-refractivity contribution in [1.29, 1.82) is 0 Å². The molecule has 0 saturated heterocycles. The normalized spacial score (nSPS) is 13.5. The maximum atomic E-state index is 8.69. The fourth-order valence-electron chi connectivity index (χ4n) is 5.62. The Morgan fingerprint density at radius 2 is 1.26 bits per heavy atom. The Morgan fingerprint density at radius 3 is 2.14 bits per heavy atom. The van der Waals surface area contributed by atoms with Gasteiger partial charge in [0.2, 0.25) is 0 Å². The van der Waals surface area contributed by atoms with Gasteiger partial charge in [-0.2, -0.15) is 0 Å². The lowest BCUT2D eigenvalue weighted by Crippen LogP contribution is -2.00. The Kier molecular flexibility index (Phi) is 4.07. The van der Waals surface area contributed by atoms with Gasteiger partial charge in [0.25, 0.3) is 0 Å². The fraction of sp³-hybridized carbons (Fsp3) is 0. The largest absolute Gasteiger partial charge is 0.456 e. The number of benzene rings is 6. The molecule has 0 fully saturated rings. The van der Waals surface area contributed by atoms with Gasteiger partial charge in [-0.25, -0.2) is 15.0 Å². The van der Waals surface area contributed by atoms with E-state index in [1.54, 1.807) is 11.3 Å². The van der Waals surface area contributed by atoms with E-state index in [9.17, 15) is 0 Å². The molecule has 0 amide bonds. The Balaban J connectivity index is 1.33. The second-order valence-electron chi connectivity index (χ2n) is 10.1. The molecule has 0 saturated carbocycles. The Bertz CT molecular complexity index is 2740. The highest BCUT2D eigenvalue weighted by molar-refractivity contribution is 7.26. The van der Waals surface area contributed by atoms with Crippen LogP contribution in [0.3, 0.4) is 0 Å². The zero-order valence-corrected chi connectivity index (χ0v) is 22.7. The monoisotopic (exact) mass is 560 g/mol. The third kappa shape index (κ3) is 3.64. The highest BCUT2D eigenvalue weighted by Crippen LogP contribution is 2.40. The number of rotatable bonds is 3. The van der Waals surface area contributed by atoms with Crippen molar-refractivity contribution in [1.82, 2.24) is 15.0 Å². The van der Waals surface area contributed by atoms with Crippen molar-refractivity contribution in [3.63, 3.8) is 0 Å². The number of hydrogen-bond donors (Lipinski definition) is 0. The van der Waals surface area contributed by atoms with Gasteiger partial charge in [-0.1, -0.05) is 84.8 Å². The maximum absolute atomic E-state index is 8.69. The topological polar surface area (TPSA) is 51.8 Å². The molecule has 0 spiro atoms. The molecule has 3 heterocycles. The summed E-state index contributed by atoms with van der Waals surface area (Å²) in [5.41, 5.74) is 2.85. The molecule has 4 nitrogen and oxygen atoms in total. The molecule has 6 aromatic carbocycles. The number of fused-ring (bicyclic) bond motifs is 7. The molecule has 42 heavy (non-hydrogen) atoms. The van der Waals surface area contributed by atoms with E-state index in [1.165, 1.54) is 0 Å². The molecule has 5 heteroatoms. The second kappa shape index (κ2) is 9.06. The molecular weight excluding hydrogens is 534 g/mol. The predicted octanol–water partition coefficient (Wildman–Crippen LogP) is 10.3. The highest BCUT2D eigenvalue weighted by atomic mass is 32.1. The van der Waals surface area contributed by atoms with E-state index in [-0.39, 0.29) is 23.5 Å². The molecule has 9 aromatic rings. The van der Waals surface area contributed by atoms with E-state index < -0.39 is 18.1 Å². The van der Waals surface area contributed by atoms with Crippen LogP contribution in [-0.4, -0.2) is 15.0 Å². The van der Waals surface area contributed by atoms with Crippen LogP contribution in [0.25, 0.3) is 87.0 Å². The number of aromatic nitrogens is 3. The first-order chi connectivity index (χ1) is 22.9. The third-order valence-electron chi connectivity index (χ3n) is 7.60. The summed E-state index contributed by atoms with van der Waals surface area (Å²) in [6, 6.07) is 30.0. The average molecular weight is 561 g/mol. The SMILES string of the molecule is [2H]c1c([2H])c([2H])c(-c2nc(-c3ccc4oc5cc6ccccc6cc5c4c3)nc(-c3cccc4c3sc3ccccc34)n2)c([2H])c1[2H]. The fourth-order valence-corrected chi connectivity index (χ4v) is 6.84. The second-order valence-corrected chi connectivity index (χ2v) is 11.1. The van der Waals surface area contributed by atoms with Crippen LogP contribution in [0.5, 0.6) is 0 Å². The molecule has 0 unspecified atom stereocenters. The van der Waals surface area contributed by atoms with Gasteiger partial charge in [0.1, 0.15) is 11.2 Å². The van der Waals surface area contributed by atoms with Crippen molar-refractivity contribution in [3.8, 4) is 34.2 Å². The molecule has 0 atom stereocenters. The highest BCUT2D eigenvalue weighted by Gasteiger charge is 2.17. The molecule has 0 N–H and O–H groups in total. The maximum Gasteiger partial charge on any atom is 0.165 e. The molecule has 0 radical (unpaired) electrons. The Morgan fingerprint density at radius 1 is 0.548 bits per heavy atom. The summed E-state index contributed by atoms with van der Waals surface area (Å²) in [7, 11) is 0. The molecular formula is C37H21N3OS. The molecule has 196 valence electrons. The molecule has 3 aromatic heterocycles. The summed E-state index contributed by atoms with van der Waals surface area (Å²) < 4.78 is 50.4. The quantitative estimate of drug-likeness (QED) is 0.216. The van der Waals surface area contributed by atoms with E-state index in [0.29, 0.717) is 22.8 Å². The van der Waals surface area contributed by atoms with Crippen molar-refractivity contribution < 1.29 is 11.3 Å². The van der Waals surface area contributed by atoms with Crippen LogP contribution in [0.4, 0.5) is 0 Å². The number of hydrogen-bond acceptors (Lipinski definition) is 5. The first-order valence-electron chi connectivity index (χ1n) is 15.9. The van der Waals surface area contributed by atoms with Crippen LogP contribution in [0, 0.1) is 0 Å². The minimum absolute atomic E-state index is 0.00302. The van der Waals surface area contributed by atoms with E-state index in [0.717, 1.165) is 52.9 Å². The summed E-state index contributed by atoms with van der Waals surface area (Å²) in [5.74, 6) is 0.660. The zero-order chi connectivity index (χ0) is 32.0. The standard InChI is InChI=1S/C37H21N3OS/c1-2-9-22(10-3-1)35-38-36(40-37(39-35)28-15-8-14-27-26-13-6-7-16-33(26)42-34(27)28)25-17-18-31-29(20-25)30-19-23-11-4-5-12-24(23)21-32(30)41-31/h1-21H/i1D,2D,3D,9D,10D. The molecule has 0 aliphatic rings. The number of nitrogens with zero attached hydrogens (tertiary/aromatic N) is 3. The lowest BCUT2D eigenvalue weighted by molar-refractivity contribution is 0.669. The van der Waals surface area contributed by atoms with Crippen molar-refractivity contribution in [2.45, 2.75) is 0 Å². The Labute approximate surface area is 251 Å². The average Bonchev–Trinajstić information content (AvgIpc) is 3.66. The lowest BCUT2D eigenvalue weighted by Gasteiger charge is -2.09. The zero-order valence-electron chi connectivity index (χ0n) is 26.9. The third-order valence-corrected chi connectivity index (χ3v) is 8.82. The molecule has 9 rings (SSSR count). The predicted molar refractivity (Wildman–Crippen MR) is 174 cm³/mol. The van der Waals surface area contributed by atoms with Crippen LogP contribution >= 0.6 is 11.3 Å². The smallest absolute Gasteiger partial charge is 0.165 e. The van der Waals surface area contributed by atoms with E-state index >= 15 is 0 Å². The van der Waals surface area contributed by atoms with Crippen molar-refractivity contribution in [2.24, 2.45) is 0 Å². The van der Waals surface area contributed by atoms with Crippen molar-refractivity contribution in [2.75, 3.05) is 0 Å². The van der Waals surface area contributed by atoms with Gasteiger partial charge in [-0.15, -0.1) is 11.3 Å². The van der Waals surface area contributed by atoms with Gasteiger partial charge < -0.3 is 4.42 Å². The van der Waals surface area contributed by atoms with Crippen LogP contribution in [-0.2, 0) is 0 Å². The first kappa shape index (κ1) is 18.9. The van der Waals surface area contributed by atoms with Crippen molar-refractivity contribution in [3.05, 3.63) is 127 Å². The van der Waals surface area contributed by atoms with E-state index in [1.807, 2.05) is 60.7 Å². The van der Waals surface area contributed by atoms with E-state index in [4.69, 9.17) is 26.2 Å². The number of furan rings is 1. The summed E-state index contributed by atoms with van der Waals surface area (Å²) in [4.78, 5) is 14.5. The summed E-state index contributed by atoms with van der Waals surface area (Å²) in [5, 5.41) is 6.21. The minimum Gasteiger partial charge on any atom is -0.456 e. The molecule has 0 aliphatic heterocycles. The van der Waals surface area contributed by atoms with Crippen molar-refractivity contribution >= 4 is 64.2 Å². The van der Waals surface area contributed by atoms with E-state index in [2.05, 4.69) is 36.4 Å². The van der Waals surface area contributed by atoms with Crippen LogP contribution < -0.4 is 0 Å². The van der Waals surface area contributed by atoms with Crippen LogP contribution in [0.1, 0.15) is 6.85 Å². The number of thiophene rings is 1. The summed E-state index contributed by atoms with van der Waals surface area (Å²) in [6.45, 7) is 0. The van der Waals surface area contributed by atoms with Gasteiger partial charge in [-0.3, -0.25) is 0 Å². The molecule has 0 bridgehead atoms. The summed E-state index contributed by atoms with van der Waals surface area (Å²) in [6.07, 6.45) is 0. The lowest BCUT2D eigenvalue weighted by atomic mass is 10.0. The first-order valence-corrected chi connectivity index (χ1v) is 14.3. The van der Waals surface area contributed by atoms with Gasteiger partial charge in [0, 0.05) is 47.6 Å². The van der Waals surface area contributed by atoms with Crippen LogP contribution in [0.2, 0.25) is 0 Å². The minimum atomic E-state index is -0.474. The van der Waals surface area contributed by atoms with Gasteiger partial charge in [0.05, 0.1) is 6.85 Å². The Hall–Kier alpha value is -5.39. The molecule has 0 aliphatic carbocycles. The van der Waals surface area contributed by atoms with Gasteiger partial charge in [-0.05, 0) is 53.2 Å². The van der Waals surface area contributed by atoms with Gasteiger partial charge >= 0.3 is 0 Å².